The molecule has 0 unspecified atom stereocenters. The fourth-order valence-corrected chi connectivity index (χ4v) is 2.43. The van der Waals surface area contributed by atoms with Crippen molar-refractivity contribution in [3.8, 4) is 11.4 Å². The summed E-state index contributed by atoms with van der Waals surface area (Å²) in [6.45, 7) is 8.45. The molecule has 6 nitrogen and oxygen atoms in total. The van der Waals surface area contributed by atoms with Gasteiger partial charge in [-0.25, -0.2) is 9.48 Å². The van der Waals surface area contributed by atoms with E-state index in [4.69, 9.17) is 4.74 Å². The molecule has 2 rings (SSSR count). The maximum absolute atomic E-state index is 12.6. The first-order valence-electron chi connectivity index (χ1n) is 7.83. The van der Waals surface area contributed by atoms with Gasteiger partial charge in [0.15, 0.2) is 5.82 Å². The Labute approximate surface area is 135 Å². The molecule has 124 valence electrons. The average Bonchev–Trinajstić information content (AvgIpc) is 2.77. The highest BCUT2D eigenvalue weighted by molar-refractivity contribution is 5.69. The normalized spacial score (nSPS) is 11.0. The highest BCUT2D eigenvalue weighted by atomic mass is 16.5. The lowest BCUT2D eigenvalue weighted by atomic mass is 10.1. The topological polar surface area (TPSA) is 66.1 Å². The predicted molar refractivity (Wildman–Crippen MR) is 88.1 cm³/mol. The quantitative estimate of drug-likeness (QED) is 0.766. The molecule has 0 saturated heterocycles. The standard InChI is InChI=1S/C17H23N3O3/c1-5-23-15(21)11-20-17(22)19(10-12(2)3)16(18-20)14-9-7-6-8-13(14)4/h6-9,12H,5,10-11H2,1-4H3. The number of aromatic nitrogens is 3. The van der Waals surface area contributed by atoms with Crippen LogP contribution in [0.2, 0.25) is 0 Å². The van der Waals surface area contributed by atoms with E-state index in [-0.39, 0.29) is 24.8 Å². The Morgan fingerprint density at radius 1 is 1.30 bits per heavy atom. The molecule has 6 heteroatoms. The van der Waals surface area contributed by atoms with Crippen LogP contribution in [-0.2, 0) is 22.6 Å². The number of carbonyl (C=O) groups is 1. The molecular weight excluding hydrogens is 294 g/mol. The summed E-state index contributed by atoms with van der Waals surface area (Å²) in [7, 11) is 0. The van der Waals surface area contributed by atoms with E-state index in [1.54, 1.807) is 11.5 Å². The first kappa shape index (κ1) is 17.0. The van der Waals surface area contributed by atoms with Crippen molar-refractivity contribution in [1.82, 2.24) is 14.3 Å². The number of benzene rings is 1. The summed E-state index contributed by atoms with van der Waals surface area (Å²) in [5, 5.41) is 4.38. The van der Waals surface area contributed by atoms with Gasteiger partial charge in [0, 0.05) is 12.1 Å². The molecule has 0 spiro atoms. The van der Waals surface area contributed by atoms with Crippen LogP contribution in [0.15, 0.2) is 29.1 Å². The van der Waals surface area contributed by atoms with Gasteiger partial charge in [0.25, 0.3) is 0 Å². The molecule has 23 heavy (non-hydrogen) atoms. The maximum atomic E-state index is 12.6. The number of ether oxygens (including phenoxy) is 1. The number of esters is 1. The largest absolute Gasteiger partial charge is 0.465 e. The molecule has 1 aromatic heterocycles. The lowest BCUT2D eigenvalue weighted by molar-refractivity contribution is -0.144. The van der Waals surface area contributed by atoms with Gasteiger partial charge in [-0.15, -0.1) is 5.10 Å². The Morgan fingerprint density at radius 2 is 2.00 bits per heavy atom. The molecule has 2 aromatic rings. The average molecular weight is 317 g/mol. The van der Waals surface area contributed by atoms with E-state index in [2.05, 4.69) is 5.10 Å². The van der Waals surface area contributed by atoms with E-state index >= 15 is 0 Å². The second-order valence-electron chi connectivity index (χ2n) is 5.89. The van der Waals surface area contributed by atoms with Crippen LogP contribution in [0.3, 0.4) is 0 Å². The van der Waals surface area contributed by atoms with Crippen LogP contribution in [0.5, 0.6) is 0 Å². The molecule has 0 bridgehead atoms. The molecule has 0 N–H and O–H groups in total. The fraction of sp³-hybridized carbons (Fsp3) is 0.471. The minimum absolute atomic E-state index is 0.170. The first-order valence-corrected chi connectivity index (χ1v) is 7.83. The zero-order valence-corrected chi connectivity index (χ0v) is 14.1. The smallest absolute Gasteiger partial charge is 0.346 e. The SMILES string of the molecule is CCOC(=O)Cn1nc(-c2ccccc2C)n(CC(C)C)c1=O. The molecule has 0 atom stereocenters. The van der Waals surface area contributed by atoms with Crippen molar-refractivity contribution in [2.45, 2.75) is 40.8 Å². The number of rotatable bonds is 6. The third kappa shape index (κ3) is 3.88. The molecule has 0 aliphatic heterocycles. The lowest BCUT2D eigenvalue weighted by Crippen LogP contribution is -2.29. The summed E-state index contributed by atoms with van der Waals surface area (Å²) >= 11 is 0. The summed E-state index contributed by atoms with van der Waals surface area (Å²) in [6.07, 6.45) is 0. The van der Waals surface area contributed by atoms with E-state index in [1.165, 1.54) is 4.68 Å². The van der Waals surface area contributed by atoms with Gasteiger partial charge in [-0.1, -0.05) is 38.1 Å². The van der Waals surface area contributed by atoms with Crippen molar-refractivity contribution < 1.29 is 9.53 Å². The van der Waals surface area contributed by atoms with Gasteiger partial charge in [0.1, 0.15) is 6.54 Å². The second kappa shape index (κ2) is 7.26. The second-order valence-corrected chi connectivity index (χ2v) is 5.89. The van der Waals surface area contributed by atoms with Crippen LogP contribution in [-0.4, -0.2) is 26.9 Å². The maximum Gasteiger partial charge on any atom is 0.346 e. The molecule has 0 aliphatic rings. The van der Waals surface area contributed by atoms with Gasteiger partial charge in [0.2, 0.25) is 0 Å². The highest BCUT2D eigenvalue weighted by Gasteiger charge is 2.19. The van der Waals surface area contributed by atoms with Crippen molar-refractivity contribution in [1.29, 1.82) is 0 Å². The number of aryl methyl sites for hydroxylation is 1. The Bertz CT molecular complexity index is 744. The Kier molecular flexibility index (Phi) is 5.36. The molecule has 0 radical (unpaired) electrons. The van der Waals surface area contributed by atoms with Crippen molar-refractivity contribution >= 4 is 5.97 Å². The third-order valence-corrected chi connectivity index (χ3v) is 3.44. The Morgan fingerprint density at radius 3 is 2.61 bits per heavy atom. The molecule has 0 fully saturated rings. The number of carbonyl (C=O) groups excluding carboxylic acids is 1. The monoisotopic (exact) mass is 317 g/mol. The molecule has 1 heterocycles. The Balaban J connectivity index is 2.50. The summed E-state index contributed by atoms with van der Waals surface area (Å²) in [4.78, 5) is 24.3. The van der Waals surface area contributed by atoms with Crippen LogP contribution >= 0.6 is 0 Å². The van der Waals surface area contributed by atoms with Crippen LogP contribution in [0, 0.1) is 12.8 Å². The minimum atomic E-state index is -0.458. The van der Waals surface area contributed by atoms with Crippen LogP contribution in [0.1, 0.15) is 26.3 Å². The van der Waals surface area contributed by atoms with E-state index in [0.29, 0.717) is 12.4 Å². The third-order valence-electron chi connectivity index (χ3n) is 3.44. The van der Waals surface area contributed by atoms with Crippen molar-refractivity contribution in [2.24, 2.45) is 5.92 Å². The summed E-state index contributed by atoms with van der Waals surface area (Å²) in [5.41, 5.74) is 1.64. The van der Waals surface area contributed by atoms with Gasteiger partial charge in [-0.2, -0.15) is 0 Å². The van der Waals surface area contributed by atoms with E-state index in [1.807, 2.05) is 45.0 Å². The van der Waals surface area contributed by atoms with Gasteiger partial charge in [-0.05, 0) is 25.3 Å². The van der Waals surface area contributed by atoms with Gasteiger partial charge in [-0.3, -0.25) is 9.36 Å². The van der Waals surface area contributed by atoms with Crippen molar-refractivity contribution in [3.63, 3.8) is 0 Å². The number of hydrogen-bond donors (Lipinski definition) is 0. The summed E-state index contributed by atoms with van der Waals surface area (Å²) < 4.78 is 7.73. The lowest BCUT2D eigenvalue weighted by Gasteiger charge is -2.09. The minimum Gasteiger partial charge on any atom is -0.465 e. The van der Waals surface area contributed by atoms with Crippen LogP contribution < -0.4 is 5.69 Å². The first-order chi connectivity index (χ1) is 10.9. The zero-order chi connectivity index (χ0) is 17.0. The molecular formula is C17H23N3O3. The Hall–Kier alpha value is -2.37. The zero-order valence-electron chi connectivity index (χ0n) is 14.1. The van der Waals surface area contributed by atoms with Crippen molar-refractivity contribution in [3.05, 3.63) is 40.3 Å². The van der Waals surface area contributed by atoms with E-state index < -0.39 is 5.97 Å². The summed E-state index contributed by atoms with van der Waals surface area (Å²) in [5.74, 6) is 0.418. The van der Waals surface area contributed by atoms with Gasteiger partial charge in [0.05, 0.1) is 6.61 Å². The van der Waals surface area contributed by atoms with Crippen LogP contribution in [0.4, 0.5) is 0 Å². The molecule has 1 aromatic carbocycles. The van der Waals surface area contributed by atoms with Gasteiger partial charge >= 0.3 is 11.7 Å². The van der Waals surface area contributed by atoms with Crippen LogP contribution in [0.25, 0.3) is 11.4 Å². The van der Waals surface area contributed by atoms with E-state index in [0.717, 1.165) is 11.1 Å². The number of hydrogen-bond acceptors (Lipinski definition) is 4. The fourth-order valence-electron chi connectivity index (χ4n) is 2.43. The van der Waals surface area contributed by atoms with Crippen molar-refractivity contribution in [2.75, 3.05) is 6.61 Å². The molecule has 0 aliphatic carbocycles. The number of nitrogens with zero attached hydrogens (tertiary/aromatic N) is 3. The summed E-state index contributed by atoms with van der Waals surface area (Å²) in [6, 6.07) is 7.77. The van der Waals surface area contributed by atoms with E-state index in [9.17, 15) is 9.59 Å². The molecule has 0 saturated carbocycles. The predicted octanol–water partition coefficient (Wildman–Crippen LogP) is 2.24. The highest BCUT2D eigenvalue weighted by Crippen LogP contribution is 2.20. The van der Waals surface area contributed by atoms with Gasteiger partial charge < -0.3 is 4.74 Å². The molecule has 0 amide bonds.